The summed E-state index contributed by atoms with van der Waals surface area (Å²) in [6.07, 6.45) is 2.21. The molecule has 3 amide bonds. The summed E-state index contributed by atoms with van der Waals surface area (Å²) in [7, 11) is 0. The van der Waals surface area contributed by atoms with Crippen LogP contribution in [0.25, 0.3) is 0 Å². The maximum atomic E-state index is 11.3. The van der Waals surface area contributed by atoms with Gasteiger partial charge in [0.1, 0.15) is 0 Å². The zero-order valence-electron chi connectivity index (χ0n) is 8.04. The standard InChI is InChI=1S/C9H16N2O2/c1-4-5-7(6(2)3)8(12)11-9(10)13/h4,6-7H,1,5H2,2-3H3,(H3,10,11,12,13)/t7-/m1/s1. The minimum Gasteiger partial charge on any atom is -0.351 e. The number of amides is 3. The predicted molar refractivity (Wildman–Crippen MR) is 50.9 cm³/mol. The topological polar surface area (TPSA) is 72.2 Å². The van der Waals surface area contributed by atoms with Gasteiger partial charge in [-0.2, -0.15) is 0 Å². The van der Waals surface area contributed by atoms with Crippen molar-refractivity contribution in [3.05, 3.63) is 12.7 Å². The normalized spacial score (nSPS) is 12.2. The van der Waals surface area contributed by atoms with Crippen LogP contribution >= 0.6 is 0 Å². The van der Waals surface area contributed by atoms with Gasteiger partial charge in [-0.15, -0.1) is 6.58 Å². The third-order valence-electron chi connectivity index (χ3n) is 1.81. The molecule has 0 radical (unpaired) electrons. The highest BCUT2D eigenvalue weighted by Gasteiger charge is 2.21. The Morgan fingerprint density at radius 2 is 2.08 bits per heavy atom. The van der Waals surface area contributed by atoms with E-state index in [0.717, 1.165) is 0 Å². The van der Waals surface area contributed by atoms with E-state index in [9.17, 15) is 9.59 Å². The SMILES string of the molecule is C=CC[C@@H](C(=O)NC(N)=O)C(C)C. The van der Waals surface area contributed by atoms with Crippen LogP contribution in [0.5, 0.6) is 0 Å². The molecule has 0 aromatic carbocycles. The van der Waals surface area contributed by atoms with Gasteiger partial charge < -0.3 is 5.73 Å². The molecule has 0 heterocycles. The molecule has 1 atom stereocenters. The molecule has 74 valence electrons. The minimum absolute atomic E-state index is 0.164. The Labute approximate surface area is 78.2 Å². The lowest BCUT2D eigenvalue weighted by atomic mass is 9.92. The summed E-state index contributed by atoms with van der Waals surface area (Å²) in [5, 5.41) is 2.06. The first-order valence-electron chi connectivity index (χ1n) is 4.20. The fourth-order valence-corrected chi connectivity index (χ4v) is 1.08. The van der Waals surface area contributed by atoms with Crippen molar-refractivity contribution in [2.45, 2.75) is 20.3 Å². The van der Waals surface area contributed by atoms with E-state index in [4.69, 9.17) is 5.73 Å². The predicted octanol–water partition coefficient (Wildman–Crippen LogP) is 1.03. The third kappa shape index (κ3) is 4.30. The number of hydrogen-bond acceptors (Lipinski definition) is 2. The number of imide groups is 1. The lowest BCUT2D eigenvalue weighted by Crippen LogP contribution is -2.40. The molecule has 0 saturated heterocycles. The molecular weight excluding hydrogens is 168 g/mol. The van der Waals surface area contributed by atoms with Crippen LogP contribution < -0.4 is 11.1 Å². The molecule has 4 nitrogen and oxygen atoms in total. The fraction of sp³-hybridized carbons (Fsp3) is 0.556. The summed E-state index contributed by atoms with van der Waals surface area (Å²) >= 11 is 0. The van der Waals surface area contributed by atoms with Gasteiger partial charge >= 0.3 is 6.03 Å². The quantitative estimate of drug-likeness (QED) is 0.640. The van der Waals surface area contributed by atoms with Crippen molar-refractivity contribution >= 4 is 11.9 Å². The summed E-state index contributed by atoms with van der Waals surface area (Å²) in [4.78, 5) is 21.7. The highest BCUT2D eigenvalue weighted by atomic mass is 16.2. The molecule has 0 rings (SSSR count). The Morgan fingerprint density at radius 3 is 2.38 bits per heavy atom. The third-order valence-corrected chi connectivity index (χ3v) is 1.81. The summed E-state index contributed by atoms with van der Waals surface area (Å²) in [6, 6.07) is -0.806. The zero-order chi connectivity index (χ0) is 10.4. The molecular formula is C9H16N2O2. The molecule has 0 bridgehead atoms. The Kier molecular flexibility index (Phi) is 4.80. The monoisotopic (exact) mass is 184 g/mol. The van der Waals surface area contributed by atoms with Crippen molar-refractivity contribution in [3.63, 3.8) is 0 Å². The second-order valence-electron chi connectivity index (χ2n) is 3.23. The Hall–Kier alpha value is -1.32. The molecule has 0 unspecified atom stereocenters. The summed E-state index contributed by atoms with van der Waals surface area (Å²) in [5.74, 6) is -0.398. The molecule has 3 N–H and O–H groups in total. The van der Waals surface area contributed by atoms with Gasteiger partial charge in [0.15, 0.2) is 0 Å². The maximum absolute atomic E-state index is 11.3. The first-order chi connectivity index (χ1) is 5.99. The van der Waals surface area contributed by atoms with Crippen LogP contribution in [-0.2, 0) is 4.79 Å². The smallest absolute Gasteiger partial charge is 0.318 e. The number of nitrogens with two attached hydrogens (primary N) is 1. The van der Waals surface area contributed by atoms with Crippen LogP contribution in [-0.4, -0.2) is 11.9 Å². The van der Waals surface area contributed by atoms with Crippen LogP contribution in [0.3, 0.4) is 0 Å². The summed E-state index contributed by atoms with van der Waals surface area (Å²) in [5.41, 5.74) is 4.83. The number of nitrogens with one attached hydrogen (secondary N) is 1. The maximum Gasteiger partial charge on any atom is 0.318 e. The lowest BCUT2D eigenvalue weighted by Gasteiger charge is -2.16. The van der Waals surface area contributed by atoms with E-state index in [0.29, 0.717) is 6.42 Å². The summed E-state index contributed by atoms with van der Waals surface area (Å²) in [6.45, 7) is 7.37. The molecule has 0 fully saturated rings. The summed E-state index contributed by atoms with van der Waals surface area (Å²) < 4.78 is 0. The van der Waals surface area contributed by atoms with E-state index in [1.807, 2.05) is 13.8 Å². The van der Waals surface area contributed by atoms with Crippen molar-refractivity contribution in [1.82, 2.24) is 5.32 Å². The van der Waals surface area contributed by atoms with E-state index >= 15 is 0 Å². The number of carbonyl (C=O) groups is 2. The van der Waals surface area contributed by atoms with Gasteiger partial charge in [0.2, 0.25) is 5.91 Å². The van der Waals surface area contributed by atoms with E-state index < -0.39 is 6.03 Å². The molecule has 0 aromatic rings. The highest BCUT2D eigenvalue weighted by Crippen LogP contribution is 2.15. The lowest BCUT2D eigenvalue weighted by molar-refractivity contribution is -0.125. The van der Waals surface area contributed by atoms with Crippen molar-refractivity contribution in [3.8, 4) is 0 Å². The van der Waals surface area contributed by atoms with E-state index in [1.165, 1.54) is 0 Å². The molecule has 0 aliphatic heterocycles. The zero-order valence-corrected chi connectivity index (χ0v) is 8.04. The minimum atomic E-state index is -0.806. The number of primary amides is 1. The van der Waals surface area contributed by atoms with Crippen LogP contribution in [0.4, 0.5) is 4.79 Å². The average Bonchev–Trinajstić information content (AvgIpc) is 1.97. The van der Waals surface area contributed by atoms with Crippen LogP contribution in [0.1, 0.15) is 20.3 Å². The van der Waals surface area contributed by atoms with Crippen LogP contribution in [0.15, 0.2) is 12.7 Å². The number of allylic oxidation sites excluding steroid dienone is 1. The molecule has 0 saturated carbocycles. The van der Waals surface area contributed by atoms with Gasteiger partial charge in [-0.1, -0.05) is 19.9 Å². The Morgan fingerprint density at radius 1 is 1.54 bits per heavy atom. The van der Waals surface area contributed by atoms with Crippen molar-refractivity contribution in [1.29, 1.82) is 0 Å². The number of urea groups is 1. The fourth-order valence-electron chi connectivity index (χ4n) is 1.08. The largest absolute Gasteiger partial charge is 0.351 e. The Bertz CT molecular complexity index is 212. The van der Waals surface area contributed by atoms with Gasteiger partial charge in [-0.25, -0.2) is 4.79 Å². The average molecular weight is 184 g/mol. The van der Waals surface area contributed by atoms with E-state index in [-0.39, 0.29) is 17.7 Å². The molecule has 0 aliphatic carbocycles. The van der Waals surface area contributed by atoms with Crippen molar-refractivity contribution < 1.29 is 9.59 Å². The van der Waals surface area contributed by atoms with Crippen molar-refractivity contribution in [2.24, 2.45) is 17.6 Å². The Balaban J connectivity index is 4.27. The number of hydrogen-bond donors (Lipinski definition) is 2. The first kappa shape index (κ1) is 11.7. The molecule has 0 spiro atoms. The molecule has 13 heavy (non-hydrogen) atoms. The van der Waals surface area contributed by atoms with Crippen LogP contribution in [0, 0.1) is 11.8 Å². The molecule has 0 aromatic heterocycles. The van der Waals surface area contributed by atoms with Gasteiger partial charge in [0.05, 0.1) is 0 Å². The van der Waals surface area contributed by atoms with Crippen LogP contribution in [0.2, 0.25) is 0 Å². The number of rotatable bonds is 4. The van der Waals surface area contributed by atoms with Crippen molar-refractivity contribution in [2.75, 3.05) is 0 Å². The second-order valence-corrected chi connectivity index (χ2v) is 3.23. The van der Waals surface area contributed by atoms with Gasteiger partial charge in [0, 0.05) is 5.92 Å². The molecule has 4 heteroatoms. The molecule has 0 aliphatic rings. The van der Waals surface area contributed by atoms with E-state index in [2.05, 4.69) is 11.9 Å². The van der Waals surface area contributed by atoms with Gasteiger partial charge in [-0.3, -0.25) is 10.1 Å². The van der Waals surface area contributed by atoms with Gasteiger partial charge in [0.25, 0.3) is 0 Å². The highest BCUT2D eigenvalue weighted by molar-refractivity contribution is 5.94. The van der Waals surface area contributed by atoms with E-state index in [1.54, 1.807) is 6.08 Å². The second kappa shape index (κ2) is 5.35. The van der Waals surface area contributed by atoms with Gasteiger partial charge in [-0.05, 0) is 12.3 Å². The first-order valence-corrected chi connectivity index (χ1v) is 4.20. The number of carbonyl (C=O) groups excluding carboxylic acids is 2.